The number of benzene rings is 2. The number of hydrogen-bond donors (Lipinski definition) is 1. The third kappa shape index (κ3) is 3.38. The number of carboxylic acid groups (broad SMARTS) is 1. The van der Waals surface area contributed by atoms with Gasteiger partial charge in [-0.05, 0) is 42.3 Å². The van der Waals surface area contributed by atoms with Gasteiger partial charge in [0.05, 0.1) is 11.5 Å². The molecule has 0 fully saturated rings. The Bertz CT molecular complexity index is 877. The third-order valence-corrected chi connectivity index (χ3v) is 6.10. The van der Waals surface area contributed by atoms with Crippen molar-refractivity contribution in [1.29, 1.82) is 0 Å². The Balaban J connectivity index is 1.98. The molecule has 0 saturated heterocycles. The van der Waals surface area contributed by atoms with Crippen LogP contribution in [0.15, 0.2) is 53.4 Å². The molecule has 0 spiro atoms. The average molecular weight is 361 g/mol. The number of rotatable bonds is 5. The van der Waals surface area contributed by atoms with E-state index in [0.717, 1.165) is 15.4 Å². The Morgan fingerprint density at radius 2 is 1.80 bits per heavy atom. The predicted molar refractivity (Wildman–Crippen MR) is 91.9 cm³/mol. The molecule has 0 saturated carbocycles. The number of aliphatic carboxylic acids is 1. The van der Waals surface area contributed by atoms with E-state index < -0.39 is 22.0 Å². The number of ether oxygens (including phenoxy) is 1. The minimum atomic E-state index is -3.93. The summed E-state index contributed by atoms with van der Waals surface area (Å²) < 4.78 is 32.4. The van der Waals surface area contributed by atoms with E-state index in [9.17, 15) is 18.3 Å². The smallest absolute Gasteiger partial charge is 0.322 e. The highest BCUT2D eigenvalue weighted by Gasteiger charge is 2.39. The molecule has 0 amide bonds. The van der Waals surface area contributed by atoms with Gasteiger partial charge < -0.3 is 9.84 Å². The first-order valence-electron chi connectivity index (χ1n) is 7.97. The fourth-order valence-corrected chi connectivity index (χ4v) is 4.53. The van der Waals surface area contributed by atoms with E-state index in [1.165, 1.54) is 12.1 Å². The molecule has 1 atom stereocenters. The summed E-state index contributed by atoms with van der Waals surface area (Å²) in [5, 5.41) is 9.53. The summed E-state index contributed by atoms with van der Waals surface area (Å²) in [7, 11) is -3.93. The lowest BCUT2D eigenvalue weighted by Gasteiger charge is -2.33. The van der Waals surface area contributed by atoms with Crippen molar-refractivity contribution in [3.8, 4) is 5.75 Å². The van der Waals surface area contributed by atoms with Gasteiger partial charge in [-0.1, -0.05) is 24.3 Å². The SMILES string of the molecule is CCOc1ccc(S(=O)(=O)N2Cc3ccccc3C[C@@H]2C(=O)O)cc1. The van der Waals surface area contributed by atoms with Crippen LogP contribution in [0.25, 0.3) is 0 Å². The van der Waals surface area contributed by atoms with Crippen LogP contribution in [0.5, 0.6) is 5.75 Å². The molecule has 6 nitrogen and oxygen atoms in total. The van der Waals surface area contributed by atoms with Gasteiger partial charge in [0.25, 0.3) is 0 Å². The molecule has 0 bridgehead atoms. The zero-order valence-electron chi connectivity index (χ0n) is 13.8. The first-order valence-corrected chi connectivity index (χ1v) is 9.41. The second kappa shape index (κ2) is 6.85. The first kappa shape index (κ1) is 17.4. The van der Waals surface area contributed by atoms with Gasteiger partial charge in [-0.15, -0.1) is 0 Å². The topological polar surface area (TPSA) is 83.9 Å². The molecular formula is C18H19NO5S. The van der Waals surface area contributed by atoms with Crippen molar-refractivity contribution in [2.45, 2.75) is 30.8 Å². The van der Waals surface area contributed by atoms with Gasteiger partial charge in [0.2, 0.25) is 10.0 Å². The zero-order chi connectivity index (χ0) is 18.0. The number of fused-ring (bicyclic) bond motifs is 1. The second-order valence-electron chi connectivity index (χ2n) is 5.78. The summed E-state index contributed by atoms with van der Waals surface area (Å²) in [6, 6.07) is 12.2. The number of nitrogens with zero attached hydrogens (tertiary/aromatic N) is 1. The molecule has 1 heterocycles. The highest BCUT2D eigenvalue weighted by molar-refractivity contribution is 7.89. The van der Waals surface area contributed by atoms with E-state index in [1.54, 1.807) is 12.1 Å². The van der Waals surface area contributed by atoms with Gasteiger partial charge in [-0.3, -0.25) is 4.79 Å². The highest BCUT2D eigenvalue weighted by atomic mass is 32.2. The normalized spacial score (nSPS) is 17.7. The molecule has 25 heavy (non-hydrogen) atoms. The molecule has 2 aromatic rings. The van der Waals surface area contributed by atoms with Gasteiger partial charge in [-0.25, -0.2) is 8.42 Å². The van der Waals surface area contributed by atoms with Crippen LogP contribution < -0.4 is 4.74 Å². The minimum Gasteiger partial charge on any atom is -0.494 e. The molecule has 132 valence electrons. The molecule has 0 aromatic heterocycles. The van der Waals surface area contributed by atoms with Crippen LogP contribution in [0.4, 0.5) is 0 Å². The maximum absolute atomic E-state index is 13.0. The minimum absolute atomic E-state index is 0.0443. The number of carboxylic acids is 1. The average Bonchev–Trinajstić information content (AvgIpc) is 2.61. The molecule has 0 aliphatic carbocycles. The standard InChI is InChI=1S/C18H19NO5S/c1-2-24-15-7-9-16(10-8-15)25(22,23)19-12-14-6-4-3-5-13(14)11-17(19)18(20)21/h3-10,17H,2,11-12H2,1H3,(H,20,21)/t17-/m1/s1. The van der Waals surface area contributed by atoms with E-state index in [0.29, 0.717) is 12.4 Å². The predicted octanol–water partition coefficient (Wildman–Crippen LogP) is 2.29. The van der Waals surface area contributed by atoms with Crippen molar-refractivity contribution in [2.24, 2.45) is 0 Å². The summed E-state index contributed by atoms with van der Waals surface area (Å²) in [4.78, 5) is 11.7. The van der Waals surface area contributed by atoms with Gasteiger partial charge in [0.15, 0.2) is 0 Å². The quantitative estimate of drug-likeness (QED) is 0.883. The summed E-state index contributed by atoms with van der Waals surface area (Å²) in [5.41, 5.74) is 1.70. The van der Waals surface area contributed by atoms with Gasteiger partial charge in [0.1, 0.15) is 11.8 Å². The third-order valence-electron chi connectivity index (χ3n) is 4.23. The summed E-state index contributed by atoms with van der Waals surface area (Å²) in [6.07, 6.45) is 0.155. The Morgan fingerprint density at radius 3 is 2.40 bits per heavy atom. The van der Waals surface area contributed by atoms with Gasteiger partial charge >= 0.3 is 5.97 Å². The van der Waals surface area contributed by atoms with E-state index in [4.69, 9.17) is 4.74 Å². The maximum Gasteiger partial charge on any atom is 0.322 e. The molecule has 1 N–H and O–H groups in total. The Kier molecular flexibility index (Phi) is 4.78. The van der Waals surface area contributed by atoms with Crippen LogP contribution in [-0.4, -0.2) is 36.4 Å². The van der Waals surface area contributed by atoms with Gasteiger partial charge in [0, 0.05) is 13.0 Å². The monoisotopic (exact) mass is 361 g/mol. The van der Waals surface area contributed by atoms with Crippen molar-refractivity contribution in [3.05, 3.63) is 59.7 Å². The first-order chi connectivity index (χ1) is 11.9. The summed E-state index contributed by atoms with van der Waals surface area (Å²) in [6.45, 7) is 2.37. The second-order valence-corrected chi connectivity index (χ2v) is 7.67. The zero-order valence-corrected chi connectivity index (χ0v) is 14.6. The number of sulfonamides is 1. The number of hydrogen-bond acceptors (Lipinski definition) is 4. The molecular weight excluding hydrogens is 342 g/mol. The lowest BCUT2D eigenvalue weighted by Crippen LogP contribution is -2.48. The van der Waals surface area contributed by atoms with Crippen LogP contribution in [0, 0.1) is 0 Å². The Labute approximate surface area is 146 Å². The van der Waals surface area contributed by atoms with Crippen molar-refractivity contribution < 1.29 is 23.1 Å². The van der Waals surface area contributed by atoms with Crippen LogP contribution in [-0.2, 0) is 27.8 Å². The largest absolute Gasteiger partial charge is 0.494 e. The lowest BCUT2D eigenvalue weighted by molar-refractivity contribution is -0.141. The maximum atomic E-state index is 13.0. The van der Waals surface area contributed by atoms with E-state index in [-0.39, 0.29) is 17.9 Å². The summed E-state index contributed by atoms with van der Waals surface area (Å²) in [5.74, 6) is -0.579. The molecule has 1 aliphatic rings. The van der Waals surface area contributed by atoms with Crippen LogP contribution in [0.2, 0.25) is 0 Å². The van der Waals surface area contributed by atoms with Crippen molar-refractivity contribution in [2.75, 3.05) is 6.61 Å². The lowest BCUT2D eigenvalue weighted by atomic mass is 9.96. The van der Waals surface area contributed by atoms with E-state index in [1.807, 2.05) is 31.2 Å². The van der Waals surface area contributed by atoms with Crippen molar-refractivity contribution in [1.82, 2.24) is 4.31 Å². The van der Waals surface area contributed by atoms with E-state index >= 15 is 0 Å². The number of carbonyl (C=O) groups is 1. The molecule has 3 rings (SSSR count). The molecule has 0 unspecified atom stereocenters. The fraction of sp³-hybridized carbons (Fsp3) is 0.278. The van der Waals surface area contributed by atoms with E-state index in [2.05, 4.69) is 0 Å². The van der Waals surface area contributed by atoms with Gasteiger partial charge in [-0.2, -0.15) is 4.31 Å². The molecule has 7 heteroatoms. The van der Waals surface area contributed by atoms with Crippen LogP contribution in [0.1, 0.15) is 18.1 Å². The van der Waals surface area contributed by atoms with Crippen molar-refractivity contribution in [3.63, 3.8) is 0 Å². The molecule has 1 aliphatic heterocycles. The highest BCUT2D eigenvalue weighted by Crippen LogP contribution is 2.29. The Hall–Kier alpha value is -2.38. The molecule has 2 aromatic carbocycles. The van der Waals surface area contributed by atoms with Crippen molar-refractivity contribution >= 4 is 16.0 Å². The van der Waals surface area contributed by atoms with Crippen LogP contribution in [0.3, 0.4) is 0 Å². The molecule has 0 radical (unpaired) electrons. The fourth-order valence-electron chi connectivity index (χ4n) is 2.97. The summed E-state index contributed by atoms with van der Waals surface area (Å²) >= 11 is 0. The Morgan fingerprint density at radius 1 is 1.16 bits per heavy atom. The van der Waals surface area contributed by atoms with Crippen LogP contribution >= 0.6 is 0 Å².